The van der Waals surface area contributed by atoms with Crippen LogP contribution >= 0.6 is 22.9 Å². The summed E-state index contributed by atoms with van der Waals surface area (Å²) in [6.07, 6.45) is 0. The molecule has 0 saturated carbocycles. The van der Waals surface area contributed by atoms with Gasteiger partial charge >= 0.3 is 0 Å². The highest BCUT2D eigenvalue weighted by atomic mass is 35.5. The first-order chi connectivity index (χ1) is 7.59. The molecule has 0 radical (unpaired) electrons. The molecule has 2 nitrogen and oxygen atoms in total. The zero-order chi connectivity index (χ0) is 11.7. The largest absolute Gasteiger partial charge is 0.232 e. The number of nitrogens with zero attached hydrogens (tertiary/aromatic N) is 2. The molecule has 84 valence electrons. The minimum absolute atomic E-state index is 0.287. The molecule has 0 aliphatic carbocycles. The second kappa shape index (κ2) is 4.52. The van der Waals surface area contributed by atoms with E-state index in [1.807, 2.05) is 12.3 Å². The Morgan fingerprint density at radius 3 is 2.62 bits per heavy atom. The maximum absolute atomic E-state index is 6.13. The summed E-state index contributed by atoms with van der Waals surface area (Å²) >= 11 is 7.79. The van der Waals surface area contributed by atoms with Gasteiger partial charge in [-0.2, -0.15) is 11.3 Å². The topological polar surface area (TPSA) is 25.8 Å². The Bertz CT molecular complexity index is 492. The number of hydrogen-bond acceptors (Lipinski definition) is 3. The fraction of sp³-hybridized carbons (Fsp3) is 0.333. The van der Waals surface area contributed by atoms with Crippen molar-refractivity contribution in [3.8, 4) is 11.3 Å². The van der Waals surface area contributed by atoms with E-state index in [0.717, 1.165) is 22.6 Å². The highest BCUT2D eigenvalue weighted by molar-refractivity contribution is 7.08. The summed E-state index contributed by atoms with van der Waals surface area (Å²) in [5.41, 5.74) is 3.02. The lowest BCUT2D eigenvalue weighted by Crippen LogP contribution is -2.01. The van der Waals surface area contributed by atoms with Crippen molar-refractivity contribution < 1.29 is 0 Å². The van der Waals surface area contributed by atoms with E-state index in [-0.39, 0.29) is 5.92 Å². The molecule has 0 aliphatic heterocycles. The van der Waals surface area contributed by atoms with E-state index in [4.69, 9.17) is 11.6 Å². The van der Waals surface area contributed by atoms with Gasteiger partial charge in [-0.05, 0) is 18.4 Å². The zero-order valence-electron chi connectivity index (χ0n) is 9.49. The average Bonchev–Trinajstić information content (AvgIpc) is 2.74. The van der Waals surface area contributed by atoms with Crippen LogP contribution in [-0.4, -0.2) is 9.97 Å². The summed E-state index contributed by atoms with van der Waals surface area (Å²) in [6.45, 7) is 6.09. The van der Waals surface area contributed by atoms with Gasteiger partial charge in [0.2, 0.25) is 0 Å². The van der Waals surface area contributed by atoms with Crippen LogP contribution in [0.4, 0.5) is 0 Å². The fourth-order valence-electron chi connectivity index (χ4n) is 1.44. The number of thiophene rings is 1. The Hall–Kier alpha value is -0.930. The van der Waals surface area contributed by atoms with Crippen LogP contribution in [0.2, 0.25) is 5.15 Å². The number of rotatable bonds is 2. The molecule has 0 amide bonds. The van der Waals surface area contributed by atoms with Gasteiger partial charge in [-0.3, -0.25) is 0 Å². The van der Waals surface area contributed by atoms with Crippen LogP contribution < -0.4 is 0 Å². The normalized spacial score (nSPS) is 11.1. The maximum Gasteiger partial charge on any atom is 0.136 e. The fourth-order valence-corrected chi connectivity index (χ4v) is 2.26. The van der Waals surface area contributed by atoms with Crippen LogP contribution in [-0.2, 0) is 0 Å². The van der Waals surface area contributed by atoms with Gasteiger partial charge in [-0.1, -0.05) is 25.4 Å². The smallest absolute Gasteiger partial charge is 0.136 e. The van der Waals surface area contributed by atoms with E-state index in [0.29, 0.717) is 5.15 Å². The van der Waals surface area contributed by atoms with Crippen molar-refractivity contribution in [1.82, 2.24) is 9.97 Å². The molecular formula is C12H13ClN2S. The monoisotopic (exact) mass is 252 g/mol. The van der Waals surface area contributed by atoms with Crippen LogP contribution in [0.15, 0.2) is 16.8 Å². The highest BCUT2D eigenvalue weighted by Crippen LogP contribution is 2.28. The first kappa shape index (κ1) is 11.6. The summed E-state index contributed by atoms with van der Waals surface area (Å²) < 4.78 is 0. The van der Waals surface area contributed by atoms with Crippen molar-refractivity contribution in [3.63, 3.8) is 0 Å². The second-order valence-corrected chi connectivity index (χ2v) is 5.15. The molecule has 0 atom stereocenters. The summed E-state index contributed by atoms with van der Waals surface area (Å²) in [5.74, 6) is 1.09. The summed E-state index contributed by atoms with van der Waals surface area (Å²) in [4.78, 5) is 8.89. The Morgan fingerprint density at radius 1 is 1.31 bits per heavy atom. The zero-order valence-corrected chi connectivity index (χ0v) is 11.1. The van der Waals surface area contributed by atoms with Gasteiger partial charge in [0.05, 0.1) is 5.69 Å². The Kier molecular flexibility index (Phi) is 3.26. The van der Waals surface area contributed by atoms with Crippen LogP contribution in [0.3, 0.4) is 0 Å². The van der Waals surface area contributed by atoms with Gasteiger partial charge in [0.15, 0.2) is 0 Å². The molecule has 0 bridgehead atoms. The lowest BCUT2D eigenvalue weighted by Gasteiger charge is -2.10. The standard InChI is InChI=1S/C12H13ClN2S/c1-7(2)12-14-10(8(3)11(13)15-12)9-4-5-16-6-9/h4-7H,1-3H3. The molecule has 2 aromatic heterocycles. The van der Waals surface area contributed by atoms with Crippen molar-refractivity contribution >= 4 is 22.9 Å². The van der Waals surface area contributed by atoms with E-state index in [2.05, 4.69) is 35.3 Å². The molecule has 0 saturated heterocycles. The van der Waals surface area contributed by atoms with E-state index in [9.17, 15) is 0 Å². The predicted octanol–water partition coefficient (Wildman–Crippen LogP) is 4.29. The van der Waals surface area contributed by atoms with Crippen molar-refractivity contribution in [2.24, 2.45) is 0 Å². The van der Waals surface area contributed by atoms with Gasteiger partial charge in [0.25, 0.3) is 0 Å². The number of hydrogen-bond donors (Lipinski definition) is 0. The summed E-state index contributed by atoms with van der Waals surface area (Å²) in [6, 6.07) is 2.06. The van der Waals surface area contributed by atoms with E-state index in [1.54, 1.807) is 11.3 Å². The molecule has 0 unspecified atom stereocenters. The Morgan fingerprint density at radius 2 is 2.06 bits per heavy atom. The molecule has 0 aliphatic rings. The predicted molar refractivity (Wildman–Crippen MR) is 69.2 cm³/mol. The third-order valence-electron chi connectivity index (χ3n) is 2.41. The van der Waals surface area contributed by atoms with E-state index < -0.39 is 0 Å². The van der Waals surface area contributed by atoms with Crippen molar-refractivity contribution in [1.29, 1.82) is 0 Å². The first-order valence-electron chi connectivity index (χ1n) is 5.16. The third kappa shape index (κ3) is 2.11. The van der Waals surface area contributed by atoms with Crippen molar-refractivity contribution in [2.75, 3.05) is 0 Å². The average molecular weight is 253 g/mol. The van der Waals surface area contributed by atoms with Crippen LogP contribution in [0.1, 0.15) is 31.2 Å². The van der Waals surface area contributed by atoms with Gasteiger partial charge in [-0.25, -0.2) is 9.97 Å². The molecule has 4 heteroatoms. The van der Waals surface area contributed by atoms with Gasteiger partial charge < -0.3 is 0 Å². The number of aromatic nitrogens is 2. The summed E-state index contributed by atoms with van der Waals surface area (Å²) in [5, 5.41) is 4.68. The maximum atomic E-state index is 6.13. The van der Waals surface area contributed by atoms with Crippen LogP contribution in [0.25, 0.3) is 11.3 Å². The molecule has 0 spiro atoms. The van der Waals surface area contributed by atoms with Gasteiger partial charge in [0.1, 0.15) is 11.0 Å². The molecule has 16 heavy (non-hydrogen) atoms. The Balaban J connectivity index is 2.60. The van der Waals surface area contributed by atoms with Crippen LogP contribution in [0.5, 0.6) is 0 Å². The molecule has 2 rings (SSSR count). The second-order valence-electron chi connectivity index (χ2n) is 4.01. The lowest BCUT2D eigenvalue weighted by molar-refractivity contribution is 0.773. The van der Waals surface area contributed by atoms with Crippen molar-refractivity contribution in [2.45, 2.75) is 26.7 Å². The van der Waals surface area contributed by atoms with E-state index in [1.165, 1.54) is 0 Å². The molecule has 2 aromatic rings. The molecule has 2 heterocycles. The van der Waals surface area contributed by atoms with Crippen LogP contribution in [0, 0.1) is 6.92 Å². The Labute approximate surface area is 104 Å². The van der Waals surface area contributed by atoms with Gasteiger partial charge in [-0.15, -0.1) is 0 Å². The molecule has 0 fully saturated rings. The minimum Gasteiger partial charge on any atom is -0.232 e. The molecule has 0 N–H and O–H groups in total. The third-order valence-corrected chi connectivity index (χ3v) is 3.47. The lowest BCUT2D eigenvalue weighted by atomic mass is 10.1. The summed E-state index contributed by atoms with van der Waals surface area (Å²) in [7, 11) is 0. The first-order valence-corrected chi connectivity index (χ1v) is 6.48. The minimum atomic E-state index is 0.287. The SMILES string of the molecule is Cc1c(Cl)nc(C(C)C)nc1-c1ccsc1. The van der Waals surface area contributed by atoms with E-state index >= 15 is 0 Å². The van der Waals surface area contributed by atoms with Crippen molar-refractivity contribution in [3.05, 3.63) is 33.4 Å². The molecule has 0 aromatic carbocycles. The highest BCUT2D eigenvalue weighted by Gasteiger charge is 2.13. The quantitative estimate of drug-likeness (QED) is 0.745. The number of halogens is 1. The molecular weight excluding hydrogens is 240 g/mol. The van der Waals surface area contributed by atoms with Gasteiger partial charge in [0, 0.05) is 22.4 Å².